The lowest BCUT2D eigenvalue weighted by Crippen LogP contribution is -2.27. The number of nitriles is 2. The van der Waals surface area contributed by atoms with Gasteiger partial charge in [0.1, 0.15) is 28.1 Å². The highest BCUT2D eigenvalue weighted by Crippen LogP contribution is 2.38. The van der Waals surface area contributed by atoms with Gasteiger partial charge in [0.15, 0.2) is 22.8 Å². The Kier molecular flexibility index (Phi) is 27.4. The summed E-state index contributed by atoms with van der Waals surface area (Å²) in [7, 11) is 0. The molecule has 0 aliphatic rings. The number of esters is 1. The van der Waals surface area contributed by atoms with E-state index < -0.39 is 77.5 Å². The third-order valence-electron chi connectivity index (χ3n) is 11.5. The summed E-state index contributed by atoms with van der Waals surface area (Å²) in [6.07, 6.45) is -27.8. The largest absolute Gasteiger partial charge is 0.490 e. The van der Waals surface area contributed by atoms with Crippen molar-refractivity contribution in [2.24, 2.45) is 11.7 Å². The maximum absolute atomic E-state index is 12.8. The van der Waals surface area contributed by atoms with Crippen LogP contribution in [-0.2, 0) is 45.6 Å². The van der Waals surface area contributed by atoms with Gasteiger partial charge >= 0.3 is 43.0 Å². The Morgan fingerprint density at radius 2 is 0.871 bits per heavy atom. The molecule has 93 heavy (non-hydrogen) atoms. The molecule has 0 amide bonds. The van der Waals surface area contributed by atoms with Crippen molar-refractivity contribution in [3.05, 3.63) is 178 Å². The van der Waals surface area contributed by atoms with E-state index in [0.29, 0.717) is 48.5 Å². The number of halogens is 23. The number of anilines is 1. The summed E-state index contributed by atoms with van der Waals surface area (Å²) < 4.78 is 229. The van der Waals surface area contributed by atoms with Crippen LogP contribution in [0.5, 0.6) is 0 Å². The number of Topliss-reactive ketones (excluding diaryl/α,β-unsaturated/α-hetero) is 1. The lowest BCUT2D eigenvalue weighted by Gasteiger charge is -2.06. The Bertz CT molecular complexity index is 3880. The molecule has 8 aromatic rings. The smallest absolute Gasteiger partial charge is 0.459 e. The van der Waals surface area contributed by atoms with E-state index in [9.17, 15) is 88.6 Å². The zero-order valence-electron chi connectivity index (χ0n) is 47.8. The molecule has 4 N–H and O–H groups in total. The molecule has 0 saturated heterocycles. The molecule has 4 aromatic carbocycles. The van der Waals surface area contributed by atoms with Gasteiger partial charge in [0.25, 0.3) is 5.78 Å². The van der Waals surface area contributed by atoms with Crippen molar-refractivity contribution in [3.63, 3.8) is 0 Å². The van der Waals surface area contributed by atoms with Crippen LogP contribution in [0.1, 0.15) is 70.3 Å². The van der Waals surface area contributed by atoms with Gasteiger partial charge in [-0.2, -0.15) is 110 Å². The van der Waals surface area contributed by atoms with Crippen LogP contribution in [0.2, 0.25) is 20.1 Å². The number of aromatic nitrogens is 8. The maximum atomic E-state index is 12.8. The molecule has 1 unspecified atom stereocenters. The molecule has 0 spiro atoms. The lowest BCUT2D eigenvalue weighted by molar-refractivity contribution is -0.199. The summed E-state index contributed by atoms with van der Waals surface area (Å²) in [6.45, 7) is 7.15. The minimum atomic E-state index is -4.88. The van der Waals surface area contributed by atoms with Gasteiger partial charge < -0.3 is 16.2 Å². The molecule has 0 fully saturated rings. The molecule has 0 bridgehead atoms. The second-order valence-corrected chi connectivity index (χ2v) is 20.7. The Morgan fingerprint density at radius 1 is 0.538 bits per heavy atom. The summed E-state index contributed by atoms with van der Waals surface area (Å²) in [6, 6.07) is 28.2. The van der Waals surface area contributed by atoms with E-state index in [1.165, 1.54) is 74.3 Å². The number of hydrogen-bond acceptors (Lipinski definition) is 11. The molecule has 0 radical (unpaired) electrons. The minimum Gasteiger partial charge on any atom is -0.459 e. The standard InChI is InChI=1S/C12H11ClF3N3.C12H7ClF3N3.C11H7BrClF3N2.C11H9ClF3N3.C5H4F3NO.C4H5F3O2/c2*1-7-10(6-17)19(18-11(7)12(14,15)16)9-4-2-3-8(13)5-9;1-6-9(11(14,15)16)17-18(10(6)12)8-4-2-3-7(13)5-8;1-6-9(11(13,14)15)17-18(10(6)16)8-4-2-3-7(12)5-8;1-3(2-9)4(10)5(6,7)8;1-2-9-3(8)4(5,6)7/h2-5H,6,17H2,1H3;2-5H,1H3;2-5H,1H3;2-5H,16H2,1H3;3H,1H3;2H2,1H3. The van der Waals surface area contributed by atoms with Gasteiger partial charge in [-0.15, -0.1) is 0 Å². The highest BCUT2D eigenvalue weighted by Gasteiger charge is 2.43. The SMILES string of the molecule is CC(C#N)C(=O)C(F)(F)F.CCOC(=O)C(F)(F)F.Cc1c(C(F)(F)F)nn(-c2cccc(Cl)c2)c1Br.Cc1c(C(F)(F)F)nn(-c2cccc(Cl)c2)c1C#N.Cc1c(C(F)(F)F)nn(-c2cccc(Cl)c2)c1CN.Cc1c(C(F)(F)F)nn(-c2cccc(Cl)c2)c1N. The molecule has 8 rings (SSSR count). The van der Waals surface area contributed by atoms with Gasteiger partial charge in [-0.25, -0.2) is 23.5 Å². The van der Waals surface area contributed by atoms with E-state index in [0.717, 1.165) is 16.3 Å². The number of nitrogens with zero attached hydrogens (tertiary/aromatic N) is 10. The van der Waals surface area contributed by atoms with Gasteiger partial charge in [-0.1, -0.05) is 70.7 Å². The predicted octanol–water partition coefficient (Wildman–Crippen LogP) is 17.5. The van der Waals surface area contributed by atoms with E-state index in [1.807, 2.05) is 0 Å². The minimum absolute atomic E-state index is 0.0370. The average molecular weight is 1480 g/mol. The van der Waals surface area contributed by atoms with Gasteiger partial charge in [0.2, 0.25) is 0 Å². The molecular weight excluding hydrogens is 1440 g/mol. The quantitative estimate of drug-likeness (QED) is 0.113. The Balaban J connectivity index is 0.000000297. The Hall–Kier alpha value is -8.02. The van der Waals surface area contributed by atoms with Crippen LogP contribution in [0, 0.1) is 56.3 Å². The summed E-state index contributed by atoms with van der Waals surface area (Å²) in [5.41, 5.74) is 8.83. The number of ether oxygens (including phenoxy) is 1. The van der Waals surface area contributed by atoms with Crippen molar-refractivity contribution in [2.75, 3.05) is 12.3 Å². The first kappa shape index (κ1) is 79.2. The third kappa shape index (κ3) is 21.8. The average Bonchev–Trinajstić information content (AvgIpc) is 1.67. The summed E-state index contributed by atoms with van der Waals surface area (Å²) >= 11 is 26.3. The number of nitrogens with two attached hydrogens (primary N) is 2. The highest BCUT2D eigenvalue weighted by atomic mass is 79.9. The van der Waals surface area contributed by atoms with Gasteiger partial charge in [0.05, 0.1) is 41.1 Å². The molecule has 502 valence electrons. The fraction of sp³-hybridized carbons (Fsp3) is 0.273. The fourth-order valence-corrected chi connectivity index (χ4v) is 8.39. The molecule has 4 aromatic heterocycles. The second kappa shape index (κ2) is 32.2. The molecule has 1 atom stereocenters. The van der Waals surface area contributed by atoms with Gasteiger partial charge in [-0.05, 0) is 130 Å². The van der Waals surface area contributed by atoms with Crippen LogP contribution in [-0.4, -0.2) is 69.8 Å². The van der Waals surface area contributed by atoms with Crippen molar-refractivity contribution in [1.82, 2.24) is 39.1 Å². The van der Waals surface area contributed by atoms with Gasteiger partial charge in [-0.3, -0.25) is 4.79 Å². The van der Waals surface area contributed by atoms with Crippen molar-refractivity contribution in [2.45, 2.75) is 85.1 Å². The van der Waals surface area contributed by atoms with Crippen LogP contribution in [0.25, 0.3) is 22.7 Å². The number of hydrogen-bond donors (Lipinski definition) is 2. The summed E-state index contributed by atoms with van der Waals surface area (Å²) in [5, 5.41) is 32.7. The van der Waals surface area contributed by atoms with Crippen molar-refractivity contribution >= 4 is 79.9 Å². The van der Waals surface area contributed by atoms with E-state index in [1.54, 1.807) is 78.9 Å². The molecule has 0 aliphatic heterocycles. The number of benzene rings is 4. The van der Waals surface area contributed by atoms with E-state index in [4.69, 9.17) is 68.4 Å². The van der Waals surface area contributed by atoms with Crippen molar-refractivity contribution < 1.29 is 93.4 Å². The molecule has 0 saturated carbocycles. The number of rotatable bonds is 7. The zero-order valence-corrected chi connectivity index (χ0v) is 52.4. The van der Waals surface area contributed by atoms with Gasteiger partial charge in [0, 0.05) is 48.9 Å². The molecule has 0 aliphatic carbocycles. The third-order valence-corrected chi connectivity index (χ3v) is 13.4. The number of ketones is 1. The first-order valence-corrected chi connectivity index (χ1v) is 27.4. The topological polar surface area (TPSA) is 214 Å². The van der Waals surface area contributed by atoms with Crippen molar-refractivity contribution in [1.29, 1.82) is 10.5 Å². The second-order valence-electron chi connectivity index (χ2n) is 18.2. The normalized spacial score (nSPS) is 11.9. The van der Waals surface area contributed by atoms with Crippen LogP contribution >= 0.6 is 62.3 Å². The van der Waals surface area contributed by atoms with Crippen LogP contribution < -0.4 is 11.5 Å². The Labute approximate surface area is 542 Å². The summed E-state index contributed by atoms with van der Waals surface area (Å²) in [4.78, 5) is 19.8. The number of carbonyl (C=O) groups excluding carboxylic acids is 2. The Morgan fingerprint density at radius 3 is 1.17 bits per heavy atom. The zero-order chi connectivity index (χ0) is 71.3. The highest BCUT2D eigenvalue weighted by molar-refractivity contribution is 9.10. The molecular formula is C55H43BrCl4F18N12O3. The predicted molar refractivity (Wildman–Crippen MR) is 306 cm³/mol. The first-order valence-electron chi connectivity index (χ1n) is 25.1. The van der Waals surface area contributed by atoms with Crippen LogP contribution in [0.3, 0.4) is 0 Å². The molecule has 38 heteroatoms. The number of nitrogen functional groups attached to an aromatic ring is 1. The van der Waals surface area contributed by atoms with E-state index in [2.05, 4.69) is 41.1 Å². The monoisotopic (exact) mass is 1480 g/mol. The summed E-state index contributed by atoms with van der Waals surface area (Å²) in [5.74, 6) is -5.77. The van der Waals surface area contributed by atoms with E-state index in [-0.39, 0.29) is 51.5 Å². The first-order chi connectivity index (χ1) is 42.7. The van der Waals surface area contributed by atoms with Crippen molar-refractivity contribution in [3.8, 4) is 34.9 Å². The fourth-order valence-electron chi connectivity index (χ4n) is 7.18. The number of alkyl halides is 18. The molecule has 4 heterocycles. The molecule has 15 nitrogen and oxygen atoms in total. The van der Waals surface area contributed by atoms with Crippen LogP contribution in [0.15, 0.2) is 102 Å². The maximum Gasteiger partial charge on any atom is 0.490 e. The van der Waals surface area contributed by atoms with E-state index >= 15 is 0 Å². The van der Waals surface area contributed by atoms with Crippen LogP contribution in [0.4, 0.5) is 84.8 Å². The number of carbonyl (C=O) groups is 2. The lowest BCUT2D eigenvalue weighted by atomic mass is 10.1.